The first-order chi connectivity index (χ1) is 10.8. The van der Waals surface area contributed by atoms with Gasteiger partial charge in [0.05, 0.1) is 18.0 Å². The standard InChI is InChI=1S/C16H19FN4OS/c1-16(2,3)13-9-21-15(19-13)23-14(20-21)18-8-12(22)10-4-6-11(17)7-5-10/h4-7,9,12,22H,8H2,1-3H3,(H,18,20)/t12-/m0/s1. The maximum absolute atomic E-state index is 12.9. The Kier molecular flexibility index (Phi) is 4.08. The highest BCUT2D eigenvalue weighted by atomic mass is 32.1. The Morgan fingerprint density at radius 3 is 2.61 bits per heavy atom. The third-order valence-electron chi connectivity index (χ3n) is 3.51. The highest BCUT2D eigenvalue weighted by Crippen LogP contribution is 2.26. The number of nitrogens with one attached hydrogen (secondary N) is 1. The van der Waals surface area contributed by atoms with Gasteiger partial charge in [0.25, 0.3) is 0 Å². The van der Waals surface area contributed by atoms with Gasteiger partial charge in [-0.15, -0.1) is 5.10 Å². The maximum atomic E-state index is 12.9. The predicted molar refractivity (Wildman–Crippen MR) is 89.4 cm³/mol. The molecule has 3 rings (SSSR count). The quantitative estimate of drug-likeness (QED) is 0.768. The van der Waals surface area contributed by atoms with Crippen molar-refractivity contribution in [3.8, 4) is 0 Å². The van der Waals surface area contributed by atoms with E-state index in [9.17, 15) is 9.50 Å². The molecule has 1 atom stereocenters. The smallest absolute Gasteiger partial charge is 0.214 e. The number of nitrogens with zero attached hydrogens (tertiary/aromatic N) is 3. The van der Waals surface area contributed by atoms with Gasteiger partial charge in [0.2, 0.25) is 10.1 Å². The van der Waals surface area contributed by atoms with Crippen LogP contribution in [0.25, 0.3) is 4.96 Å². The normalized spacial score (nSPS) is 13.4. The summed E-state index contributed by atoms with van der Waals surface area (Å²) in [5, 5.41) is 18.3. The molecular formula is C16H19FN4OS. The third-order valence-corrected chi connectivity index (χ3v) is 4.39. The number of aliphatic hydroxyl groups excluding tert-OH is 1. The summed E-state index contributed by atoms with van der Waals surface area (Å²) in [6.45, 7) is 6.63. The summed E-state index contributed by atoms with van der Waals surface area (Å²) in [5.74, 6) is -0.315. The van der Waals surface area contributed by atoms with Crippen LogP contribution in [0.5, 0.6) is 0 Å². The number of benzene rings is 1. The van der Waals surface area contributed by atoms with Crippen LogP contribution in [-0.4, -0.2) is 26.2 Å². The van der Waals surface area contributed by atoms with Crippen LogP contribution in [0, 0.1) is 5.82 Å². The van der Waals surface area contributed by atoms with Gasteiger partial charge < -0.3 is 10.4 Å². The lowest BCUT2D eigenvalue weighted by Gasteiger charge is -2.13. The molecule has 2 heterocycles. The Labute approximate surface area is 137 Å². The number of halogens is 1. The van der Waals surface area contributed by atoms with Crippen LogP contribution in [-0.2, 0) is 5.41 Å². The molecule has 0 aliphatic rings. The molecule has 7 heteroatoms. The van der Waals surface area contributed by atoms with Crippen molar-refractivity contribution in [2.75, 3.05) is 11.9 Å². The molecular weight excluding hydrogens is 315 g/mol. The van der Waals surface area contributed by atoms with Crippen LogP contribution in [0.4, 0.5) is 9.52 Å². The molecule has 0 aliphatic carbocycles. The van der Waals surface area contributed by atoms with Crippen molar-refractivity contribution in [3.63, 3.8) is 0 Å². The van der Waals surface area contributed by atoms with Gasteiger partial charge in [0, 0.05) is 12.0 Å². The molecule has 5 nitrogen and oxygen atoms in total. The van der Waals surface area contributed by atoms with Crippen LogP contribution in [0.2, 0.25) is 0 Å². The molecule has 0 amide bonds. The molecule has 3 aromatic rings. The van der Waals surface area contributed by atoms with Crippen LogP contribution in [0.1, 0.15) is 38.1 Å². The van der Waals surface area contributed by atoms with Gasteiger partial charge in [-0.3, -0.25) is 0 Å². The molecule has 122 valence electrons. The number of aromatic nitrogens is 3. The second-order valence-corrected chi connectivity index (χ2v) is 7.41. The number of imidazole rings is 1. The highest BCUT2D eigenvalue weighted by Gasteiger charge is 2.19. The van der Waals surface area contributed by atoms with Crippen LogP contribution >= 0.6 is 11.3 Å². The fourth-order valence-corrected chi connectivity index (χ4v) is 2.91. The zero-order valence-electron chi connectivity index (χ0n) is 13.2. The molecule has 0 aliphatic heterocycles. The van der Waals surface area contributed by atoms with Gasteiger partial charge in [-0.1, -0.05) is 44.2 Å². The van der Waals surface area contributed by atoms with Crippen LogP contribution < -0.4 is 5.32 Å². The minimum absolute atomic E-state index is 0.0141. The summed E-state index contributed by atoms with van der Waals surface area (Å²) < 4.78 is 14.6. The zero-order valence-corrected chi connectivity index (χ0v) is 14.1. The molecule has 0 saturated carbocycles. The van der Waals surface area contributed by atoms with Crippen molar-refractivity contribution in [2.45, 2.75) is 32.3 Å². The van der Waals surface area contributed by atoms with Gasteiger partial charge in [-0.05, 0) is 17.7 Å². The molecule has 0 radical (unpaired) electrons. The molecule has 0 spiro atoms. The summed E-state index contributed by atoms with van der Waals surface area (Å²) in [4.78, 5) is 5.39. The average molecular weight is 334 g/mol. The van der Waals surface area contributed by atoms with E-state index in [2.05, 4.69) is 36.2 Å². The molecule has 0 saturated heterocycles. The lowest BCUT2D eigenvalue weighted by molar-refractivity contribution is 0.191. The van der Waals surface area contributed by atoms with Crippen LogP contribution in [0.15, 0.2) is 30.5 Å². The lowest BCUT2D eigenvalue weighted by atomic mass is 9.93. The molecule has 1 aromatic carbocycles. The van der Waals surface area contributed by atoms with E-state index in [1.54, 1.807) is 16.6 Å². The minimum Gasteiger partial charge on any atom is -0.387 e. The van der Waals surface area contributed by atoms with Gasteiger partial charge in [-0.2, -0.15) is 0 Å². The first kappa shape index (κ1) is 15.9. The van der Waals surface area contributed by atoms with Crippen molar-refractivity contribution in [3.05, 3.63) is 47.5 Å². The largest absolute Gasteiger partial charge is 0.387 e. The fourth-order valence-electron chi connectivity index (χ4n) is 2.12. The van der Waals surface area contributed by atoms with Gasteiger partial charge in [-0.25, -0.2) is 13.9 Å². The minimum atomic E-state index is -0.725. The predicted octanol–water partition coefficient (Wildman–Crippen LogP) is 3.37. The molecule has 0 bridgehead atoms. The highest BCUT2D eigenvalue weighted by molar-refractivity contribution is 7.20. The number of aliphatic hydroxyl groups is 1. The molecule has 0 fully saturated rings. The van der Waals surface area contributed by atoms with E-state index in [0.717, 1.165) is 10.7 Å². The van der Waals surface area contributed by atoms with E-state index in [4.69, 9.17) is 0 Å². The Bertz CT molecular complexity index is 772. The first-order valence-corrected chi connectivity index (χ1v) is 8.19. The third kappa shape index (κ3) is 3.51. The van der Waals surface area contributed by atoms with Crippen molar-refractivity contribution in [2.24, 2.45) is 0 Å². The van der Waals surface area contributed by atoms with Crippen molar-refractivity contribution in [1.29, 1.82) is 0 Å². The summed E-state index contributed by atoms with van der Waals surface area (Å²) >= 11 is 1.43. The Morgan fingerprint density at radius 1 is 1.30 bits per heavy atom. The molecule has 2 aromatic heterocycles. The maximum Gasteiger partial charge on any atom is 0.214 e. The van der Waals surface area contributed by atoms with Crippen molar-refractivity contribution < 1.29 is 9.50 Å². The monoisotopic (exact) mass is 334 g/mol. The number of hydrogen-bond donors (Lipinski definition) is 2. The van der Waals surface area contributed by atoms with E-state index in [1.807, 2.05) is 6.20 Å². The number of anilines is 1. The molecule has 0 unspecified atom stereocenters. The summed E-state index contributed by atoms with van der Waals surface area (Å²) in [7, 11) is 0. The first-order valence-electron chi connectivity index (χ1n) is 7.37. The van der Waals surface area contributed by atoms with Crippen molar-refractivity contribution in [1.82, 2.24) is 14.6 Å². The number of rotatable bonds is 4. The topological polar surface area (TPSA) is 62.5 Å². The van der Waals surface area contributed by atoms with E-state index in [0.29, 0.717) is 17.2 Å². The van der Waals surface area contributed by atoms with Gasteiger partial charge in [0.15, 0.2) is 0 Å². The van der Waals surface area contributed by atoms with Gasteiger partial charge in [0.1, 0.15) is 5.82 Å². The summed E-state index contributed by atoms with van der Waals surface area (Å²) in [5.41, 5.74) is 1.64. The van der Waals surface area contributed by atoms with Gasteiger partial charge >= 0.3 is 0 Å². The summed E-state index contributed by atoms with van der Waals surface area (Å²) in [6.07, 6.45) is 1.20. The molecule has 23 heavy (non-hydrogen) atoms. The van der Waals surface area contributed by atoms with E-state index < -0.39 is 6.10 Å². The number of hydrogen-bond acceptors (Lipinski definition) is 5. The van der Waals surface area contributed by atoms with E-state index >= 15 is 0 Å². The summed E-state index contributed by atoms with van der Waals surface area (Å²) in [6, 6.07) is 5.83. The zero-order chi connectivity index (χ0) is 16.6. The second-order valence-electron chi connectivity index (χ2n) is 6.46. The second kappa shape index (κ2) is 5.90. The van der Waals surface area contributed by atoms with E-state index in [1.165, 1.54) is 23.5 Å². The van der Waals surface area contributed by atoms with Crippen molar-refractivity contribution >= 4 is 21.4 Å². The number of fused-ring (bicyclic) bond motifs is 1. The SMILES string of the molecule is CC(C)(C)c1cn2nc(NC[C@H](O)c3ccc(F)cc3)sc2n1. The average Bonchev–Trinajstić information content (AvgIpc) is 3.03. The van der Waals surface area contributed by atoms with E-state index in [-0.39, 0.29) is 11.2 Å². The Morgan fingerprint density at radius 2 is 2.00 bits per heavy atom. The van der Waals surface area contributed by atoms with Crippen LogP contribution in [0.3, 0.4) is 0 Å². The Balaban J connectivity index is 1.67. The lowest BCUT2D eigenvalue weighted by Crippen LogP contribution is -2.12. The fraction of sp³-hybridized carbons (Fsp3) is 0.375. The molecule has 2 N–H and O–H groups in total. The Hall–Kier alpha value is -1.99.